The second-order valence-electron chi connectivity index (χ2n) is 6.23. The molecule has 0 fully saturated rings. The van der Waals surface area contributed by atoms with Crippen molar-refractivity contribution in [3.8, 4) is 5.69 Å². The maximum Gasteiger partial charge on any atom is 0.259 e. The molecule has 0 saturated carbocycles. The predicted molar refractivity (Wildman–Crippen MR) is 115 cm³/mol. The van der Waals surface area contributed by atoms with E-state index in [0.717, 1.165) is 30.6 Å². The lowest BCUT2D eigenvalue weighted by Gasteiger charge is -2.12. The van der Waals surface area contributed by atoms with Crippen LogP contribution in [-0.2, 0) is 0 Å². The quantitative estimate of drug-likeness (QED) is 0.413. The molecule has 1 N–H and O–H groups in total. The molecule has 0 aliphatic heterocycles. The van der Waals surface area contributed by atoms with E-state index in [4.69, 9.17) is 4.98 Å². The van der Waals surface area contributed by atoms with E-state index in [2.05, 4.69) is 25.9 Å². The molecule has 1 aromatic carbocycles. The normalized spacial score (nSPS) is 12.6. The Balaban J connectivity index is 1.66. The number of fused-ring (bicyclic) bond motifs is 1. The van der Waals surface area contributed by atoms with E-state index in [1.165, 1.54) is 0 Å². The number of halogens is 1. The first kappa shape index (κ1) is 18.5. The third-order valence-corrected chi connectivity index (χ3v) is 7.16. The highest BCUT2D eigenvalue weighted by Crippen LogP contribution is 2.34. The van der Waals surface area contributed by atoms with Gasteiger partial charge in [-0.2, -0.15) is 0 Å². The number of aromatic nitrogens is 4. The zero-order valence-corrected chi connectivity index (χ0v) is 18.2. The lowest BCUT2D eigenvalue weighted by atomic mass is 10.2. The molecule has 0 aliphatic rings. The number of thiophene rings is 1. The average molecular weight is 461 g/mol. The number of nitrogens with zero attached hydrogens (tertiary/aromatic N) is 3. The standard InChI is InChI=1S/C19H17BrN4OS2/c1-10-11(2)26-18-15(10)17(25)22-16(23-18)12(3)27-19-21-8-9-24(19)14-6-4-13(20)5-7-14/h4-9,12H,1-3H3,(H,22,23,25). The molecular formula is C19H17BrN4OS2. The average Bonchev–Trinajstić information content (AvgIpc) is 3.20. The first-order valence-electron chi connectivity index (χ1n) is 8.40. The molecule has 138 valence electrons. The van der Waals surface area contributed by atoms with E-state index in [1.54, 1.807) is 29.3 Å². The Bertz CT molecular complexity index is 1180. The second-order valence-corrected chi connectivity index (χ2v) is 9.66. The first-order chi connectivity index (χ1) is 12.9. The van der Waals surface area contributed by atoms with Crippen LogP contribution >= 0.6 is 39.0 Å². The van der Waals surface area contributed by atoms with Gasteiger partial charge in [-0.25, -0.2) is 9.97 Å². The first-order valence-corrected chi connectivity index (χ1v) is 10.9. The third-order valence-electron chi connectivity index (χ3n) is 4.44. The zero-order chi connectivity index (χ0) is 19.1. The van der Waals surface area contributed by atoms with E-state index >= 15 is 0 Å². The fourth-order valence-corrected chi connectivity index (χ4v) is 5.10. The van der Waals surface area contributed by atoms with Gasteiger partial charge >= 0.3 is 0 Å². The van der Waals surface area contributed by atoms with Crippen LogP contribution in [0.2, 0.25) is 0 Å². The summed E-state index contributed by atoms with van der Waals surface area (Å²) in [6, 6.07) is 8.07. The van der Waals surface area contributed by atoms with Crippen LogP contribution in [0.25, 0.3) is 15.9 Å². The number of benzene rings is 1. The minimum Gasteiger partial charge on any atom is -0.309 e. The summed E-state index contributed by atoms with van der Waals surface area (Å²) in [6.45, 7) is 6.02. The Morgan fingerprint density at radius 3 is 2.74 bits per heavy atom. The van der Waals surface area contributed by atoms with Gasteiger partial charge in [-0.15, -0.1) is 11.3 Å². The van der Waals surface area contributed by atoms with E-state index in [-0.39, 0.29) is 10.8 Å². The highest BCUT2D eigenvalue weighted by Gasteiger charge is 2.18. The molecule has 1 atom stereocenters. The van der Waals surface area contributed by atoms with Crippen molar-refractivity contribution < 1.29 is 0 Å². The Kier molecular flexibility index (Phi) is 4.96. The summed E-state index contributed by atoms with van der Waals surface area (Å²) in [5.74, 6) is 0.670. The summed E-state index contributed by atoms with van der Waals surface area (Å²) in [5, 5.41) is 1.52. The number of imidazole rings is 1. The summed E-state index contributed by atoms with van der Waals surface area (Å²) in [5.41, 5.74) is 1.98. The van der Waals surface area contributed by atoms with E-state index < -0.39 is 0 Å². The molecule has 3 aromatic heterocycles. The molecule has 0 saturated heterocycles. The fraction of sp³-hybridized carbons (Fsp3) is 0.211. The number of H-pyrrole nitrogens is 1. The van der Waals surface area contributed by atoms with Gasteiger partial charge in [0, 0.05) is 27.4 Å². The lowest BCUT2D eigenvalue weighted by molar-refractivity contribution is 0.870. The molecule has 0 amide bonds. The van der Waals surface area contributed by atoms with Gasteiger partial charge in [0.05, 0.1) is 10.6 Å². The number of aryl methyl sites for hydroxylation is 2. The topological polar surface area (TPSA) is 63.6 Å². The van der Waals surface area contributed by atoms with Crippen LogP contribution in [-0.4, -0.2) is 19.5 Å². The van der Waals surface area contributed by atoms with Crippen molar-refractivity contribution >= 4 is 49.2 Å². The molecule has 4 rings (SSSR count). The SMILES string of the molecule is Cc1sc2nc(C(C)Sc3nccn3-c3ccc(Br)cc3)[nH]c(=O)c2c1C. The Hall–Kier alpha value is -1.90. The minimum absolute atomic E-state index is 0.0404. The molecule has 5 nitrogen and oxygen atoms in total. The summed E-state index contributed by atoms with van der Waals surface area (Å²) < 4.78 is 3.06. The van der Waals surface area contributed by atoms with Gasteiger partial charge in [-0.05, 0) is 50.6 Å². The van der Waals surface area contributed by atoms with Crippen molar-refractivity contribution in [2.24, 2.45) is 0 Å². The van der Waals surface area contributed by atoms with Crippen LogP contribution in [0.15, 0.2) is 51.1 Å². The molecule has 0 spiro atoms. The third kappa shape index (κ3) is 3.49. The molecule has 8 heteroatoms. The minimum atomic E-state index is -0.0689. The van der Waals surface area contributed by atoms with E-state index in [9.17, 15) is 4.79 Å². The van der Waals surface area contributed by atoms with Crippen molar-refractivity contribution in [3.63, 3.8) is 0 Å². The maximum absolute atomic E-state index is 12.5. The van der Waals surface area contributed by atoms with Crippen molar-refractivity contribution in [2.45, 2.75) is 31.2 Å². The van der Waals surface area contributed by atoms with Crippen LogP contribution in [0.4, 0.5) is 0 Å². The van der Waals surface area contributed by atoms with E-state index in [1.807, 2.05) is 55.8 Å². The van der Waals surface area contributed by atoms with E-state index in [0.29, 0.717) is 11.2 Å². The number of hydrogen-bond donors (Lipinski definition) is 1. The van der Waals surface area contributed by atoms with Crippen LogP contribution < -0.4 is 5.56 Å². The number of thioether (sulfide) groups is 1. The van der Waals surface area contributed by atoms with Gasteiger partial charge in [0.15, 0.2) is 5.16 Å². The maximum atomic E-state index is 12.5. The molecule has 0 bridgehead atoms. The van der Waals surface area contributed by atoms with Crippen LogP contribution in [0, 0.1) is 13.8 Å². The van der Waals surface area contributed by atoms with Gasteiger partial charge in [0.2, 0.25) is 0 Å². The summed E-state index contributed by atoms with van der Waals surface area (Å²) >= 11 is 6.60. The Labute approximate surface area is 173 Å². The van der Waals surface area contributed by atoms with Crippen LogP contribution in [0.3, 0.4) is 0 Å². The number of nitrogens with one attached hydrogen (secondary N) is 1. The van der Waals surface area contributed by atoms with Crippen LogP contribution in [0.1, 0.15) is 28.4 Å². The molecular weight excluding hydrogens is 444 g/mol. The van der Waals surface area contributed by atoms with Crippen LogP contribution in [0.5, 0.6) is 0 Å². The predicted octanol–water partition coefficient (Wildman–Crippen LogP) is 5.40. The monoisotopic (exact) mass is 460 g/mol. The lowest BCUT2D eigenvalue weighted by Crippen LogP contribution is -2.12. The number of hydrogen-bond acceptors (Lipinski definition) is 5. The van der Waals surface area contributed by atoms with Crippen molar-refractivity contribution in [1.29, 1.82) is 0 Å². The second kappa shape index (κ2) is 7.26. The Morgan fingerprint density at radius 1 is 1.26 bits per heavy atom. The molecule has 0 aliphatic carbocycles. The molecule has 1 unspecified atom stereocenters. The molecule has 0 radical (unpaired) electrons. The zero-order valence-electron chi connectivity index (χ0n) is 15.0. The van der Waals surface area contributed by atoms with Gasteiger partial charge in [0.25, 0.3) is 5.56 Å². The molecule has 4 aromatic rings. The largest absolute Gasteiger partial charge is 0.309 e. The Morgan fingerprint density at radius 2 is 2.00 bits per heavy atom. The van der Waals surface area contributed by atoms with Gasteiger partial charge in [-0.1, -0.05) is 27.7 Å². The van der Waals surface area contributed by atoms with Gasteiger partial charge in [-0.3, -0.25) is 9.36 Å². The van der Waals surface area contributed by atoms with Gasteiger partial charge < -0.3 is 4.98 Å². The van der Waals surface area contributed by atoms with Crippen molar-refractivity contribution in [3.05, 3.63) is 67.8 Å². The summed E-state index contributed by atoms with van der Waals surface area (Å²) in [6.07, 6.45) is 3.71. The summed E-state index contributed by atoms with van der Waals surface area (Å²) in [4.78, 5) is 26.6. The fourth-order valence-electron chi connectivity index (χ4n) is 2.85. The molecule has 3 heterocycles. The smallest absolute Gasteiger partial charge is 0.259 e. The van der Waals surface area contributed by atoms with Gasteiger partial charge in [0.1, 0.15) is 10.7 Å². The summed E-state index contributed by atoms with van der Waals surface area (Å²) in [7, 11) is 0. The highest BCUT2D eigenvalue weighted by molar-refractivity contribution is 9.10. The highest BCUT2D eigenvalue weighted by atomic mass is 79.9. The number of rotatable bonds is 4. The van der Waals surface area contributed by atoms with Crippen molar-refractivity contribution in [2.75, 3.05) is 0 Å². The van der Waals surface area contributed by atoms with Crippen molar-refractivity contribution in [1.82, 2.24) is 19.5 Å². The molecule has 27 heavy (non-hydrogen) atoms. The number of aromatic amines is 1.